The Morgan fingerprint density at radius 2 is 1.95 bits per heavy atom. The first kappa shape index (κ1) is 16.6. The molecular weight excluding hydrogens is 308 g/mol. The van der Waals surface area contributed by atoms with Gasteiger partial charge in [0.1, 0.15) is 4.90 Å². The Bertz CT molecular complexity index is 581. The van der Waals surface area contributed by atoms with Crippen molar-refractivity contribution in [2.75, 3.05) is 5.73 Å². The van der Waals surface area contributed by atoms with Gasteiger partial charge in [-0.05, 0) is 36.8 Å². The van der Waals surface area contributed by atoms with E-state index >= 15 is 0 Å². The van der Waals surface area contributed by atoms with Gasteiger partial charge in [-0.2, -0.15) is 0 Å². The fraction of sp³-hybridized carbons (Fsp3) is 0.600. The van der Waals surface area contributed by atoms with Crippen LogP contribution in [0.1, 0.15) is 39.5 Å². The van der Waals surface area contributed by atoms with Crippen LogP contribution in [0, 0.1) is 11.8 Å². The van der Waals surface area contributed by atoms with Gasteiger partial charge in [0.2, 0.25) is 10.0 Å². The van der Waals surface area contributed by atoms with Crippen molar-refractivity contribution < 1.29 is 8.42 Å². The maximum absolute atomic E-state index is 12.6. The van der Waals surface area contributed by atoms with Gasteiger partial charge < -0.3 is 5.73 Å². The summed E-state index contributed by atoms with van der Waals surface area (Å²) in [7, 11) is -3.69. The molecule has 1 aliphatic carbocycles. The van der Waals surface area contributed by atoms with Crippen molar-refractivity contribution in [1.29, 1.82) is 0 Å². The number of nitrogen functional groups attached to an aromatic ring is 1. The molecule has 0 bridgehead atoms. The van der Waals surface area contributed by atoms with Crippen LogP contribution in [0.4, 0.5) is 5.69 Å². The zero-order chi connectivity index (χ0) is 15.6. The average Bonchev–Trinajstić information content (AvgIpc) is 2.37. The highest BCUT2D eigenvalue weighted by Crippen LogP contribution is 2.33. The molecule has 0 saturated heterocycles. The molecule has 6 heteroatoms. The van der Waals surface area contributed by atoms with Crippen LogP contribution in [-0.2, 0) is 10.0 Å². The van der Waals surface area contributed by atoms with Gasteiger partial charge >= 0.3 is 0 Å². The molecule has 0 amide bonds. The fourth-order valence-electron chi connectivity index (χ4n) is 3.17. The number of hydrogen-bond acceptors (Lipinski definition) is 3. The minimum atomic E-state index is -3.69. The zero-order valence-corrected chi connectivity index (χ0v) is 14.0. The molecule has 1 aromatic rings. The SMILES string of the molecule is CC(C)C1CCCCC1NS(=O)(=O)c1c(N)cccc1Cl. The standard InChI is InChI=1S/C15H23ClN2O2S/c1-10(2)11-6-3-4-9-14(11)18-21(19,20)15-12(16)7-5-8-13(15)17/h5,7-8,10-11,14,18H,3-4,6,9,17H2,1-2H3. The number of sulfonamides is 1. The van der Waals surface area contributed by atoms with E-state index in [1.165, 1.54) is 0 Å². The number of hydrogen-bond donors (Lipinski definition) is 2. The van der Waals surface area contributed by atoms with Gasteiger partial charge in [0, 0.05) is 6.04 Å². The third kappa shape index (κ3) is 3.71. The van der Waals surface area contributed by atoms with Gasteiger partial charge in [-0.3, -0.25) is 0 Å². The lowest BCUT2D eigenvalue weighted by Gasteiger charge is -2.34. The summed E-state index contributed by atoms with van der Waals surface area (Å²) < 4.78 is 28.1. The third-order valence-corrected chi connectivity index (χ3v) is 6.28. The van der Waals surface area contributed by atoms with E-state index in [1.807, 2.05) is 0 Å². The van der Waals surface area contributed by atoms with Crippen LogP contribution in [-0.4, -0.2) is 14.5 Å². The number of halogens is 1. The maximum Gasteiger partial charge on any atom is 0.244 e. The largest absolute Gasteiger partial charge is 0.398 e. The Labute approximate surface area is 132 Å². The second-order valence-corrected chi connectivity index (χ2v) is 8.14. The fourth-order valence-corrected chi connectivity index (χ4v) is 5.17. The molecule has 2 unspecified atom stereocenters. The molecule has 21 heavy (non-hydrogen) atoms. The minimum Gasteiger partial charge on any atom is -0.398 e. The quantitative estimate of drug-likeness (QED) is 0.831. The smallest absolute Gasteiger partial charge is 0.244 e. The van der Waals surface area contributed by atoms with Gasteiger partial charge in [0.25, 0.3) is 0 Å². The Kier molecular flexibility index (Phi) is 5.17. The van der Waals surface area contributed by atoms with Crippen LogP contribution in [0.5, 0.6) is 0 Å². The van der Waals surface area contributed by atoms with Crippen molar-refractivity contribution in [3.8, 4) is 0 Å². The Hall–Kier alpha value is -0.780. The molecule has 0 radical (unpaired) electrons. The third-order valence-electron chi connectivity index (χ3n) is 4.25. The topological polar surface area (TPSA) is 72.2 Å². The maximum atomic E-state index is 12.6. The summed E-state index contributed by atoms with van der Waals surface area (Å²) in [5.41, 5.74) is 5.99. The number of nitrogens with two attached hydrogens (primary N) is 1. The molecule has 118 valence electrons. The van der Waals surface area contributed by atoms with Crippen molar-refractivity contribution in [2.24, 2.45) is 11.8 Å². The highest BCUT2D eigenvalue weighted by atomic mass is 35.5. The van der Waals surface area contributed by atoms with Gasteiger partial charge in [-0.1, -0.05) is 44.4 Å². The number of nitrogens with one attached hydrogen (secondary N) is 1. The van der Waals surface area contributed by atoms with Gasteiger partial charge in [-0.15, -0.1) is 0 Å². The molecule has 1 aromatic carbocycles. The molecule has 1 saturated carbocycles. The van der Waals surface area contributed by atoms with Gasteiger partial charge in [0.15, 0.2) is 0 Å². The molecule has 2 atom stereocenters. The van der Waals surface area contributed by atoms with Crippen LogP contribution in [0.25, 0.3) is 0 Å². The number of rotatable bonds is 4. The van der Waals surface area contributed by atoms with E-state index in [1.54, 1.807) is 18.2 Å². The van der Waals surface area contributed by atoms with E-state index in [0.717, 1.165) is 25.7 Å². The summed E-state index contributed by atoms with van der Waals surface area (Å²) in [6, 6.07) is 4.71. The molecular formula is C15H23ClN2O2S. The predicted octanol–water partition coefficient (Wildman–Crippen LogP) is 3.42. The number of anilines is 1. The Balaban J connectivity index is 2.28. The van der Waals surface area contributed by atoms with Crippen LogP contribution in [0.3, 0.4) is 0 Å². The van der Waals surface area contributed by atoms with E-state index in [4.69, 9.17) is 17.3 Å². The van der Waals surface area contributed by atoms with E-state index < -0.39 is 10.0 Å². The lowest BCUT2D eigenvalue weighted by atomic mass is 9.78. The van der Waals surface area contributed by atoms with Gasteiger partial charge in [-0.25, -0.2) is 13.1 Å². The van der Waals surface area contributed by atoms with Crippen molar-refractivity contribution in [2.45, 2.75) is 50.5 Å². The van der Waals surface area contributed by atoms with Crippen LogP contribution in [0.2, 0.25) is 5.02 Å². The summed E-state index contributed by atoms with van der Waals surface area (Å²) >= 11 is 6.03. The van der Waals surface area contributed by atoms with Crippen LogP contribution >= 0.6 is 11.6 Å². The summed E-state index contributed by atoms with van der Waals surface area (Å²) in [6.07, 6.45) is 4.14. The second-order valence-electron chi connectivity index (χ2n) is 6.08. The van der Waals surface area contributed by atoms with Crippen LogP contribution in [0.15, 0.2) is 23.1 Å². The normalized spacial score (nSPS) is 23.4. The summed E-state index contributed by atoms with van der Waals surface area (Å²) in [5, 5.41) is 0.166. The van der Waals surface area contributed by atoms with E-state index in [2.05, 4.69) is 18.6 Å². The second kappa shape index (κ2) is 6.55. The summed E-state index contributed by atoms with van der Waals surface area (Å²) in [6.45, 7) is 4.28. The van der Waals surface area contributed by atoms with E-state index in [0.29, 0.717) is 11.8 Å². The van der Waals surface area contributed by atoms with Gasteiger partial charge in [0.05, 0.1) is 10.7 Å². The lowest BCUT2D eigenvalue weighted by Crippen LogP contribution is -2.44. The average molecular weight is 331 g/mol. The molecule has 1 aliphatic rings. The van der Waals surface area contributed by atoms with Crippen molar-refractivity contribution in [1.82, 2.24) is 4.72 Å². The first-order valence-electron chi connectivity index (χ1n) is 7.39. The van der Waals surface area contributed by atoms with Crippen LogP contribution < -0.4 is 10.5 Å². The van der Waals surface area contributed by atoms with E-state index in [-0.39, 0.29) is 21.6 Å². The zero-order valence-electron chi connectivity index (χ0n) is 12.5. The van der Waals surface area contributed by atoms with Crippen molar-refractivity contribution >= 4 is 27.3 Å². The Morgan fingerprint density at radius 3 is 2.57 bits per heavy atom. The van der Waals surface area contributed by atoms with E-state index in [9.17, 15) is 8.42 Å². The van der Waals surface area contributed by atoms with Crippen molar-refractivity contribution in [3.63, 3.8) is 0 Å². The monoisotopic (exact) mass is 330 g/mol. The Morgan fingerprint density at radius 1 is 1.29 bits per heavy atom. The molecule has 3 N–H and O–H groups in total. The molecule has 0 aromatic heterocycles. The lowest BCUT2D eigenvalue weighted by molar-refractivity contribution is 0.226. The minimum absolute atomic E-state index is 0.000235. The molecule has 0 aliphatic heterocycles. The summed E-state index contributed by atoms with van der Waals surface area (Å²) in [4.78, 5) is -0.000235. The molecule has 2 rings (SSSR count). The first-order valence-corrected chi connectivity index (χ1v) is 9.25. The van der Waals surface area contributed by atoms with Crippen molar-refractivity contribution in [3.05, 3.63) is 23.2 Å². The molecule has 1 fully saturated rings. The highest BCUT2D eigenvalue weighted by molar-refractivity contribution is 7.89. The predicted molar refractivity (Wildman–Crippen MR) is 86.8 cm³/mol. The highest BCUT2D eigenvalue weighted by Gasteiger charge is 2.32. The summed E-state index contributed by atoms with van der Waals surface area (Å²) in [5.74, 6) is 0.804. The molecule has 4 nitrogen and oxygen atoms in total. The number of benzene rings is 1. The first-order chi connectivity index (χ1) is 9.83. The molecule has 0 heterocycles. The molecule has 0 spiro atoms.